The van der Waals surface area contributed by atoms with Crippen molar-refractivity contribution in [1.29, 1.82) is 0 Å². The molecule has 84 valence electrons. The van der Waals surface area contributed by atoms with Crippen molar-refractivity contribution in [3.8, 4) is 0 Å². The third-order valence-corrected chi connectivity index (χ3v) is 3.48. The largest absolute Gasteiger partial charge is 0.319 e. The van der Waals surface area contributed by atoms with Crippen molar-refractivity contribution in [1.82, 2.24) is 15.0 Å². The second-order valence-corrected chi connectivity index (χ2v) is 4.62. The Morgan fingerprint density at radius 2 is 2.19 bits per heavy atom. The number of hydrogen-bond acceptors (Lipinski definition) is 3. The van der Waals surface area contributed by atoms with Crippen LogP contribution in [0.25, 0.3) is 0 Å². The maximum atomic E-state index is 6.16. The number of rotatable bonds is 2. The van der Waals surface area contributed by atoms with E-state index in [9.17, 15) is 0 Å². The molecule has 2 rings (SSSR count). The molecular formula is C11H13BrN4. The summed E-state index contributed by atoms with van der Waals surface area (Å²) >= 11 is 3.50. The van der Waals surface area contributed by atoms with Crippen LogP contribution < -0.4 is 5.73 Å². The number of nitrogens with two attached hydrogens (primary N) is 1. The van der Waals surface area contributed by atoms with Gasteiger partial charge in [0, 0.05) is 11.5 Å². The van der Waals surface area contributed by atoms with Gasteiger partial charge in [0.1, 0.15) is 0 Å². The summed E-state index contributed by atoms with van der Waals surface area (Å²) in [5.41, 5.74) is 9.30. The zero-order chi connectivity index (χ0) is 11.7. The van der Waals surface area contributed by atoms with Crippen LogP contribution in [0, 0.1) is 6.92 Å². The van der Waals surface area contributed by atoms with Crippen molar-refractivity contribution in [2.45, 2.75) is 13.0 Å². The molecule has 1 aromatic carbocycles. The number of halogens is 1. The first kappa shape index (κ1) is 11.3. The molecule has 0 fully saturated rings. The summed E-state index contributed by atoms with van der Waals surface area (Å²) in [7, 11) is 1.84. The van der Waals surface area contributed by atoms with Crippen molar-refractivity contribution in [2.75, 3.05) is 0 Å². The highest BCUT2D eigenvalue weighted by molar-refractivity contribution is 9.10. The lowest BCUT2D eigenvalue weighted by atomic mass is 10.0. The van der Waals surface area contributed by atoms with Crippen LogP contribution in [0.4, 0.5) is 0 Å². The summed E-state index contributed by atoms with van der Waals surface area (Å²) in [6, 6.07) is 5.91. The Morgan fingerprint density at radius 1 is 1.44 bits per heavy atom. The van der Waals surface area contributed by atoms with E-state index in [0.29, 0.717) is 0 Å². The first-order valence-electron chi connectivity index (χ1n) is 4.96. The fraction of sp³-hybridized carbons (Fsp3) is 0.273. The Morgan fingerprint density at radius 3 is 2.75 bits per heavy atom. The Labute approximate surface area is 103 Å². The number of aromatic nitrogens is 3. The maximum Gasteiger partial charge on any atom is 0.0796 e. The molecule has 1 aromatic heterocycles. The molecule has 0 saturated carbocycles. The molecule has 0 aliphatic heterocycles. The number of benzene rings is 1. The molecule has 0 amide bonds. The molecular weight excluding hydrogens is 268 g/mol. The van der Waals surface area contributed by atoms with Gasteiger partial charge in [-0.3, -0.25) is 4.68 Å². The molecule has 1 heterocycles. The molecule has 16 heavy (non-hydrogen) atoms. The van der Waals surface area contributed by atoms with Gasteiger partial charge in [0.2, 0.25) is 0 Å². The minimum atomic E-state index is -0.197. The van der Waals surface area contributed by atoms with E-state index in [1.807, 2.05) is 32.2 Å². The molecule has 0 aliphatic rings. The van der Waals surface area contributed by atoms with Crippen molar-refractivity contribution < 1.29 is 0 Å². The predicted molar refractivity (Wildman–Crippen MR) is 65.9 cm³/mol. The van der Waals surface area contributed by atoms with Gasteiger partial charge in [0.25, 0.3) is 0 Å². The molecule has 0 radical (unpaired) electrons. The minimum Gasteiger partial charge on any atom is -0.319 e. The highest BCUT2D eigenvalue weighted by Crippen LogP contribution is 2.24. The van der Waals surface area contributed by atoms with Crippen LogP contribution in [0.5, 0.6) is 0 Å². The quantitative estimate of drug-likeness (QED) is 0.915. The number of aryl methyl sites for hydroxylation is 2. The van der Waals surface area contributed by atoms with Gasteiger partial charge in [0.15, 0.2) is 0 Å². The molecule has 5 heteroatoms. The lowest BCUT2D eigenvalue weighted by molar-refractivity contribution is 0.651. The van der Waals surface area contributed by atoms with E-state index < -0.39 is 0 Å². The predicted octanol–water partition coefficient (Wildman–Crippen LogP) is 1.93. The van der Waals surface area contributed by atoms with E-state index in [2.05, 4.69) is 26.2 Å². The fourth-order valence-corrected chi connectivity index (χ4v) is 1.95. The zero-order valence-corrected chi connectivity index (χ0v) is 10.8. The van der Waals surface area contributed by atoms with E-state index in [1.54, 1.807) is 10.9 Å². The normalized spacial score (nSPS) is 12.8. The SMILES string of the molecule is Cc1ccc(C(N)c2cnnn2C)cc1Br. The minimum absolute atomic E-state index is 0.197. The molecule has 2 N–H and O–H groups in total. The summed E-state index contributed by atoms with van der Waals surface area (Å²) in [5, 5.41) is 7.71. The molecule has 0 bridgehead atoms. The topological polar surface area (TPSA) is 56.7 Å². The second kappa shape index (κ2) is 4.35. The summed E-state index contributed by atoms with van der Waals surface area (Å²) in [6.07, 6.45) is 1.69. The third-order valence-electron chi connectivity index (χ3n) is 2.62. The second-order valence-electron chi connectivity index (χ2n) is 3.77. The summed E-state index contributed by atoms with van der Waals surface area (Å²) in [5.74, 6) is 0. The maximum absolute atomic E-state index is 6.16. The van der Waals surface area contributed by atoms with Crippen LogP contribution in [0.1, 0.15) is 22.9 Å². The average molecular weight is 281 g/mol. The lowest BCUT2D eigenvalue weighted by Gasteiger charge is -2.12. The molecule has 4 nitrogen and oxygen atoms in total. The molecule has 0 saturated heterocycles. The number of nitrogens with zero attached hydrogens (tertiary/aromatic N) is 3. The van der Waals surface area contributed by atoms with Crippen molar-refractivity contribution in [2.24, 2.45) is 12.8 Å². The van der Waals surface area contributed by atoms with E-state index in [4.69, 9.17) is 5.73 Å². The van der Waals surface area contributed by atoms with Gasteiger partial charge in [-0.25, -0.2) is 0 Å². The summed E-state index contributed by atoms with van der Waals surface area (Å²) in [4.78, 5) is 0. The van der Waals surface area contributed by atoms with Gasteiger partial charge in [-0.2, -0.15) is 0 Å². The Bertz CT molecular complexity index is 506. The summed E-state index contributed by atoms with van der Waals surface area (Å²) < 4.78 is 2.76. The monoisotopic (exact) mass is 280 g/mol. The third kappa shape index (κ3) is 2.01. The van der Waals surface area contributed by atoms with Gasteiger partial charge in [-0.05, 0) is 24.1 Å². The molecule has 0 spiro atoms. The van der Waals surface area contributed by atoms with E-state index in [0.717, 1.165) is 15.7 Å². The van der Waals surface area contributed by atoms with Crippen LogP contribution in [-0.2, 0) is 7.05 Å². The van der Waals surface area contributed by atoms with Crippen LogP contribution in [0.3, 0.4) is 0 Å². The van der Waals surface area contributed by atoms with Crippen molar-refractivity contribution in [3.63, 3.8) is 0 Å². The van der Waals surface area contributed by atoms with E-state index >= 15 is 0 Å². The zero-order valence-electron chi connectivity index (χ0n) is 9.18. The molecule has 0 aliphatic carbocycles. The van der Waals surface area contributed by atoms with Gasteiger partial charge >= 0.3 is 0 Å². The van der Waals surface area contributed by atoms with E-state index in [-0.39, 0.29) is 6.04 Å². The molecule has 2 aromatic rings. The smallest absolute Gasteiger partial charge is 0.0796 e. The highest BCUT2D eigenvalue weighted by atomic mass is 79.9. The molecule has 1 unspecified atom stereocenters. The van der Waals surface area contributed by atoms with Crippen LogP contribution in [-0.4, -0.2) is 15.0 Å². The number of hydrogen-bond donors (Lipinski definition) is 1. The van der Waals surface area contributed by atoms with Gasteiger partial charge in [-0.1, -0.05) is 33.3 Å². The standard InChI is InChI=1S/C11H13BrN4/c1-7-3-4-8(5-9(7)12)11(13)10-6-14-15-16(10)2/h3-6,11H,13H2,1-2H3. The highest BCUT2D eigenvalue weighted by Gasteiger charge is 2.13. The molecule has 1 atom stereocenters. The Kier molecular flexibility index (Phi) is 3.07. The fourth-order valence-electron chi connectivity index (χ4n) is 1.55. The first-order valence-corrected chi connectivity index (χ1v) is 5.75. The lowest BCUT2D eigenvalue weighted by Crippen LogP contribution is -2.15. The van der Waals surface area contributed by atoms with Gasteiger partial charge in [0.05, 0.1) is 17.9 Å². The summed E-state index contributed by atoms with van der Waals surface area (Å²) in [6.45, 7) is 2.05. The Hall–Kier alpha value is -1.20. The Balaban J connectivity index is 2.38. The van der Waals surface area contributed by atoms with Crippen LogP contribution >= 0.6 is 15.9 Å². The average Bonchev–Trinajstić information content (AvgIpc) is 2.67. The van der Waals surface area contributed by atoms with Gasteiger partial charge in [-0.15, -0.1) is 5.10 Å². The van der Waals surface area contributed by atoms with Crippen molar-refractivity contribution >= 4 is 15.9 Å². The van der Waals surface area contributed by atoms with Crippen molar-refractivity contribution in [3.05, 3.63) is 45.7 Å². The van der Waals surface area contributed by atoms with Gasteiger partial charge < -0.3 is 5.73 Å². The first-order chi connectivity index (χ1) is 7.59. The van der Waals surface area contributed by atoms with Crippen LogP contribution in [0.2, 0.25) is 0 Å². The van der Waals surface area contributed by atoms with E-state index in [1.165, 1.54) is 5.56 Å². The van der Waals surface area contributed by atoms with Crippen LogP contribution in [0.15, 0.2) is 28.9 Å².